The largest absolute Gasteiger partial charge is 0.494 e. The lowest BCUT2D eigenvalue weighted by Crippen LogP contribution is -2.29. The number of aliphatic hydroxyl groups is 3. The van der Waals surface area contributed by atoms with Crippen molar-refractivity contribution in [2.45, 2.75) is 39.0 Å². The van der Waals surface area contributed by atoms with Crippen molar-refractivity contribution >= 4 is 11.6 Å². The standard InChI is InChI=1S/C14H16O3.C5H12O3/c1-2-17-14-5-3-10(4-6-14)11-7-12(15)9-13(16)8-11;1-5(2-6,3-7)4-8/h3-6,11H,2,7-9H2,1H3;6-8H,2-4H2,1H3. The molecule has 2 rings (SSSR count). The number of aliphatic hydroxyl groups excluding tert-OH is 3. The summed E-state index contributed by atoms with van der Waals surface area (Å²) in [5, 5.41) is 25.4. The van der Waals surface area contributed by atoms with E-state index < -0.39 is 5.41 Å². The first-order chi connectivity index (χ1) is 11.9. The van der Waals surface area contributed by atoms with Crippen molar-refractivity contribution in [3.8, 4) is 5.75 Å². The predicted molar refractivity (Wildman–Crippen MR) is 93.6 cm³/mol. The summed E-state index contributed by atoms with van der Waals surface area (Å²) < 4.78 is 5.36. The number of rotatable bonds is 6. The third-order valence-electron chi connectivity index (χ3n) is 4.15. The lowest BCUT2D eigenvalue weighted by Gasteiger charge is -2.20. The summed E-state index contributed by atoms with van der Waals surface area (Å²) in [6, 6.07) is 7.67. The fourth-order valence-electron chi connectivity index (χ4n) is 2.37. The molecule has 0 amide bonds. The second kappa shape index (κ2) is 10.3. The Kier molecular flexibility index (Phi) is 8.75. The van der Waals surface area contributed by atoms with Crippen molar-refractivity contribution in [1.82, 2.24) is 0 Å². The highest BCUT2D eigenvalue weighted by Gasteiger charge is 2.26. The summed E-state index contributed by atoms with van der Waals surface area (Å²) in [5.41, 5.74) is 0.342. The molecule has 1 fully saturated rings. The van der Waals surface area contributed by atoms with Crippen LogP contribution in [0.25, 0.3) is 0 Å². The normalized spacial score (nSPS) is 15.6. The van der Waals surface area contributed by atoms with Gasteiger partial charge in [0.2, 0.25) is 0 Å². The molecular weight excluding hydrogens is 324 g/mol. The van der Waals surface area contributed by atoms with Crippen LogP contribution in [0.3, 0.4) is 0 Å². The van der Waals surface area contributed by atoms with Crippen LogP contribution in [-0.2, 0) is 9.59 Å². The van der Waals surface area contributed by atoms with Crippen LogP contribution >= 0.6 is 0 Å². The molecule has 0 spiro atoms. The Balaban J connectivity index is 0.000000333. The molecule has 1 saturated carbocycles. The molecule has 140 valence electrons. The first kappa shape index (κ1) is 21.3. The maximum atomic E-state index is 11.4. The Hall–Kier alpha value is -1.76. The van der Waals surface area contributed by atoms with Crippen LogP contribution in [0.2, 0.25) is 0 Å². The molecule has 0 saturated heterocycles. The number of carbonyl (C=O) groups excluding carboxylic acids is 2. The highest BCUT2D eigenvalue weighted by atomic mass is 16.5. The van der Waals surface area contributed by atoms with Crippen LogP contribution < -0.4 is 4.74 Å². The molecule has 0 unspecified atom stereocenters. The molecule has 0 radical (unpaired) electrons. The van der Waals surface area contributed by atoms with Gasteiger partial charge in [0.25, 0.3) is 0 Å². The molecular formula is C19H28O6. The van der Waals surface area contributed by atoms with Crippen LogP contribution in [-0.4, -0.2) is 53.3 Å². The Labute approximate surface area is 148 Å². The van der Waals surface area contributed by atoms with Gasteiger partial charge >= 0.3 is 0 Å². The molecule has 1 aliphatic rings. The third-order valence-corrected chi connectivity index (χ3v) is 4.15. The van der Waals surface area contributed by atoms with Gasteiger partial charge in [-0.3, -0.25) is 9.59 Å². The second-order valence-corrected chi connectivity index (χ2v) is 6.65. The average molecular weight is 352 g/mol. The highest BCUT2D eigenvalue weighted by Crippen LogP contribution is 2.30. The zero-order chi connectivity index (χ0) is 18.9. The Bertz CT molecular complexity index is 523. The van der Waals surface area contributed by atoms with Crippen molar-refractivity contribution in [1.29, 1.82) is 0 Å². The number of ketones is 2. The number of hydrogen-bond donors (Lipinski definition) is 3. The number of carbonyl (C=O) groups is 2. The summed E-state index contributed by atoms with van der Waals surface area (Å²) in [6.07, 6.45) is 1.09. The topological polar surface area (TPSA) is 104 Å². The molecule has 6 heteroatoms. The summed E-state index contributed by atoms with van der Waals surface area (Å²) >= 11 is 0. The van der Waals surface area contributed by atoms with Gasteiger partial charge in [-0.1, -0.05) is 19.1 Å². The molecule has 0 aromatic heterocycles. The van der Waals surface area contributed by atoms with Crippen LogP contribution in [0.15, 0.2) is 24.3 Å². The lowest BCUT2D eigenvalue weighted by molar-refractivity contribution is -0.130. The van der Waals surface area contributed by atoms with Crippen molar-refractivity contribution < 1.29 is 29.6 Å². The number of hydrogen-bond acceptors (Lipinski definition) is 6. The van der Waals surface area contributed by atoms with E-state index in [1.165, 1.54) is 0 Å². The smallest absolute Gasteiger partial charge is 0.140 e. The first-order valence-corrected chi connectivity index (χ1v) is 8.46. The van der Waals surface area contributed by atoms with Crippen molar-refractivity contribution in [3.05, 3.63) is 29.8 Å². The molecule has 6 nitrogen and oxygen atoms in total. The van der Waals surface area contributed by atoms with Gasteiger partial charge in [0.1, 0.15) is 17.3 Å². The van der Waals surface area contributed by atoms with E-state index in [4.69, 9.17) is 20.1 Å². The van der Waals surface area contributed by atoms with Gasteiger partial charge in [-0.2, -0.15) is 0 Å². The van der Waals surface area contributed by atoms with Crippen LogP contribution in [0, 0.1) is 5.41 Å². The molecule has 0 heterocycles. The fraction of sp³-hybridized carbons (Fsp3) is 0.579. The number of ether oxygens (including phenoxy) is 1. The molecule has 1 aliphatic carbocycles. The average Bonchev–Trinajstić information content (AvgIpc) is 2.62. The van der Waals surface area contributed by atoms with Crippen LogP contribution in [0.4, 0.5) is 0 Å². The molecule has 0 aliphatic heterocycles. The molecule has 0 atom stereocenters. The van der Waals surface area contributed by atoms with E-state index >= 15 is 0 Å². The molecule has 25 heavy (non-hydrogen) atoms. The lowest BCUT2D eigenvalue weighted by atomic mass is 9.83. The van der Waals surface area contributed by atoms with E-state index in [0.717, 1.165) is 11.3 Å². The second-order valence-electron chi connectivity index (χ2n) is 6.65. The van der Waals surface area contributed by atoms with Gasteiger partial charge in [-0.25, -0.2) is 0 Å². The molecule has 1 aromatic carbocycles. The Morgan fingerprint density at radius 2 is 1.48 bits per heavy atom. The van der Waals surface area contributed by atoms with Crippen molar-refractivity contribution in [2.24, 2.45) is 5.41 Å². The monoisotopic (exact) mass is 352 g/mol. The van der Waals surface area contributed by atoms with Crippen molar-refractivity contribution in [3.63, 3.8) is 0 Å². The number of Topliss-reactive ketones (excluding diaryl/α,β-unsaturated/α-hetero) is 2. The van der Waals surface area contributed by atoms with E-state index in [-0.39, 0.29) is 43.7 Å². The zero-order valence-corrected chi connectivity index (χ0v) is 14.9. The molecule has 0 bridgehead atoms. The van der Waals surface area contributed by atoms with Gasteiger partial charge < -0.3 is 20.1 Å². The summed E-state index contributed by atoms with van der Waals surface area (Å²) in [5.74, 6) is 0.990. The maximum absolute atomic E-state index is 11.4. The van der Waals surface area contributed by atoms with Crippen molar-refractivity contribution in [2.75, 3.05) is 26.4 Å². The third kappa shape index (κ3) is 6.94. The minimum absolute atomic E-state index is 0.0550. The predicted octanol–water partition coefficient (Wildman–Crippen LogP) is 1.46. The van der Waals surface area contributed by atoms with E-state index in [0.29, 0.717) is 19.4 Å². The minimum Gasteiger partial charge on any atom is -0.494 e. The van der Waals surface area contributed by atoms with Gasteiger partial charge in [0.05, 0.1) is 32.8 Å². The van der Waals surface area contributed by atoms with Crippen LogP contribution in [0.1, 0.15) is 44.6 Å². The van der Waals surface area contributed by atoms with Gasteiger partial charge in [-0.05, 0) is 30.5 Å². The van der Waals surface area contributed by atoms with Gasteiger partial charge in [-0.15, -0.1) is 0 Å². The fourth-order valence-corrected chi connectivity index (χ4v) is 2.37. The zero-order valence-electron chi connectivity index (χ0n) is 14.9. The van der Waals surface area contributed by atoms with E-state index in [1.807, 2.05) is 31.2 Å². The molecule has 3 N–H and O–H groups in total. The SMILES string of the molecule is CC(CO)(CO)CO.CCOc1ccc(C2CC(=O)CC(=O)C2)cc1. The molecule has 1 aromatic rings. The first-order valence-electron chi connectivity index (χ1n) is 8.46. The maximum Gasteiger partial charge on any atom is 0.140 e. The summed E-state index contributed by atoms with van der Waals surface area (Å²) in [7, 11) is 0. The van der Waals surface area contributed by atoms with E-state index in [1.54, 1.807) is 6.92 Å². The highest BCUT2D eigenvalue weighted by molar-refractivity contribution is 6.02. The Morgan fingerprint density at radius 1 is 1.00 bits per heavy atom. The summed E-state index contributed by atoms with van der Waals surface area (Å²) in [6.45, 7) is 3.64. The minimum atomic E-state index is -0.708. The van der Waals surface area contributed by atoms with E-state index in [2.05, 4.69) is 0 Å². The number of benzene rings is 1. The van der Waals surface area contributed by atoms with Crippen LogP contribution in [0.5, 0.6) is 5.75 Å². The van der Waals surface area contributed by atoms with E-state index in [9.17, 15) is 9.59 Å². The Morgan fingerprint density at radius 3 is 1.84 bits per heavy atom. The van der Waals surface area contributed by atoms with Gasteiger partial charge in [0.15, 0.2) is 0 Å². The summed E-state index contributed by atoms with van der Waals surface area (Å²) in [4.78, 5) is 22.8. The van der Waals surface area contributed by atoms with Gasteiger partial charge in [0, 0.05) is 18.3 Å². The quantitative estimate of drug-likeness (QED) is 0.670.